The standard InChI is InChI=1S/C21H23Cl2NO/c1-13(2)15-4-6-16(7-5-15)20-11-19(20)14(3)24-25-12-17-8-9-18(22)10-21(17)23/h4-10,13,19-20H,11-12H2,1-3H3/b24-14-/t19-,20+/m1/s1. The van der Waals surface area contributed by atoms with Gasteiger partial charge in [0.25, 0.3) is 0 Å². The summed E-state index contributed by atoms with van der Waals surface area (Å²) in [6, 6.07) is 14.4. The minimum atomic E-state index is 0.355. The molecule has 2 nitrogen and oxygen atoms in total. The molecule has 0 radical (unpaired) electrons. The van der Waals surface area contributed by atoms with Crippen molar-refractivity contribution in [1.82, 2.24) is 0 Å². The van der Waals surface area contributed by atoms with Crippen molar-refractivity contribution in [2.24, 2.45) is 11.1 Å². The van der Waals surface area contributed by atoms with Gasteiger partial charge in [0.2, 0.25) is 0 Å². The molecule has 4 heteroatoms. The fourth-order valence-electron chi connectivity index (χ4n) is 3.06. The summed E-state index contributed by atoms with van der Waals surface area (Å²) in [6.07, 6.45) is 1.14. The molecule has 1 saturated carbocycles. The van der Waals surface area contributed by atoms with Gasteiger partial charge in [-0.25, -0.2) is 0 Å². The molecule has 0 amide bonds. The van der Waals surface area contributed by atoms with Crippen molar-refractivity contribution >= 4 is 28.9 Å². The molecule has 25 heavy (non-hydrogen) atoms. The smallest absolute Gasteiger partial charge is 0.143 e. The van der Waals surface area contributed by atoms with E-state index in [0.717, 1.165) is 17.7 Å². The number of hydrogen-bond donors (Lipinski definition) is 0. The van der Waals surface area contributed by atoms with E-state index in [1.807, 2.05) is 13.0 Å². The Morgan fingerprint density at radius 2 is 1.88 bits per heavy atom. The van der Waals surface area contributed by atoms with Crippen molar-refractivity contribution in [2.45, 2.75) is 45.6 Å². The summed E-state index contributed by atoms with van der Waals surface area (Å²) in [5.74, 6) is 1.61. The number of benzene rings is 2. The molecule has 3 rings (SSSR count). The highest BCUT2D eigenvalue weighted by molar-refractivity contribution is 6.35. The van der Waals surface area contributed by atoms with E-state index in [-0.39, 0.29) is 0 Å². The first-order valence-electron chi connectivity index (χ1n) is 8.66. The van der Waals surface area contributed by atoms with Crippen LogP contribution in [0.2, 0.25) is 10.0 Å². The van der Waals surface area contributed by atoms with Crippen LogP contribution in [-0.4, -0.2) is 5.71 Å². The van der Waals surface area contributed by atoms with E-state index >= 15 is 0 Å². The summed E-state index contributed by atoms with van der Waals surface area (Å²) in [6.45, 7) is 6.83. The van der Waals surface area contributed by atoms with E-state index in [9.17, 15) is 0 Å². The summed E-state index contributed by atoms with van der Waals surface area (Å²) in [5, 5.41) is 5.52. The van der Waals surface area contributed by atoms with Crippen molar-refractivity contribution < 1.29 is 4.84 Å². The second-order valence-corrected chi connectivity index (χ2v) is 7.86. The molecule has 0 saturated heterocycles. The number of nitrogens with zero attached hydrogens (tertiary/aromatic N) is 1. The van der Waals surface area contributed by atoms with Gasteiger partial charge in [-0.1, -0.05) is 72.5 Å². The van der Waals surface area contributed by atoms with Crippen LogP contribution in [0.1, 0.15) is 55.7 Å². The Morgan fingerprint density at radius 3 is 2.52 bits per heavy atom. The van der Waals surface area contributed by atoms with Crippen LogP contribution >= 0.6 is 23.2 Å². The van der Waals surface area contributed by atoms with Crippen LogP contribution in [0.25, 0.3) is 0 Å². The van der Waals surface area contributed by atoms with Crippen molar-refractivity contribution in [3.8, 4) is 0 Å². The highest BCUT2D eigenvalue weighted by Gasteiger charge is 2.40. The summed E-state index contributed by atoms with van der Waals surface area (Å²) in [7, 11) is 0. The SMILES string of the molecule is C/C(=N/OCc1ccc(Cl)cc1Cl)[C@H]1C[C@H]1c1ccc(C(C)C)cc1. The maximum Gasteiger partial charge on any atom is 0.143 e. The maximum atomic E-state index is 6.14. The third-order valence-corrected chi connectivity index (χ3v) is 5.39. The summed E-state index contributed by atoms with van der Waals surface area (Å²) in [5.41, 5.74) is 4.71. The first-order chi connectivity index (χ1) is 12.0. The predicted molar refractivity (Wildman–Crippen MR) is 106 cm³/mol. The lowest BCUT2D eigenvalue weighted by molar-refractivity contribution is 0.129. The minimum Gasteiger partial charge on any atom is -0.391 e. The Kier molecular flexibility index (Phi) is 5.71. The van der Waals surface area contributed by atoms with Crippen LogP contribution in [0, 0.1) is 5.92 Å². The van der Waals surface area contributed by atoms with Gasteiger partial charge in [-0.05, 0) is 48.4 Å². The quantitative estimate of drug-likeness (QED) is 0.401. The lowest BCUT2D eigenvalue weighted by atomic mass is 9.99. The van der Waals surface area contributed by atoms with Crippen LogP contribution in [0.3, 0.4) is 0 Å². The zero-order valence-electron chi connectivity index (χ0n) is 14.8. The fourth-order valence-corrected chi connectivity index (χ4v) is 3.53. The molecule has 0 bridgehead atoms. The third kappa shape index (κ3) is 4.56. The molecule has 1 aliphatic rings. The Hall–Kier alpha value is -1.51. The van der Waals surface area contributed by atoms with E-state index in [0.29, 0.717) is 34.4 Å². The Morgan fingerprint density at radius 1 is 1.16 bits per heavy atom. The molecule has 0 aromatic heterocycles. The van der Waals surface area contributed by atoms with E-state index < -0.39 is 0 Å². The van der Waals surface area contributed by atoms with Crippen molar-refractivity contribution in [2.75, 3.05) is 0 Å². The van der Waals surface area contributed by atoms with Crippen LogP contribution in [-0.2, 0) is 11.4 Å². The van der Waals surface area contributed by atoms with E-state index in [1.165, 1.54) is 11.1 Å². The molecular weight excluding hydrogens is 353 g/mol. The van der Waals surface area contributed by atoms with Gasteiger partial charge < -0.3 is 4.84 Å². The average molecular weight is 376 g/mol. The van der Waals surface area contributed by atoms with Gasteiger partial charge in [0.1, 0.15) is 6.61 Å². The summed E-state index contributed by atoms with van der Waals surface area (Å²) in [4.78, 5) is 5.50. The zero-order chi connectivity index (χ0) is 18.0. The second kappa shape index (κ2) is 7.80. The molecule has 0 unspecified atom stereocenters. The summed E-state index contributed by atoms with van der Waals surface area (Å²) < 4.78 is 0. The lowest BCUT2D eigenvalue weighted by Crippen LogP contribution is -1.99. The highest BCUT2D eigenvalue weighted by Crippen LogP contribution is 2.48. The molecule has 2 atom stereocenters. The molecule has 0 heterocycles. The normalized spacial score (nSPS) is 20.0. The van der Waals surface area contributed by atoms with E-state index in [2.05, 4.69) is 43.3 Å². The molecule has 0 N–H and O–H groups in total. The van der Waals surface area contributed by atoms with Gasteiger partial charge in [0.15, 0.2) is 0 Å². The van der Waals surface area contributed by atoms with Crippen LogP contribution in [0.5, 0.6) is 0 Å². The Balaban J connectivity index is 1.55. The maximum absolute atomic E-state index is 6.14. The molecule has 1 aliphatic carbocycles. The predicted octanol–water partition coefficient (Wildman–Crippen LogP) is 6.81. The Labute approximate surface area is 159 Å². The van der Waals surface area contributed by atoms with Gasteiger partial charge in [0, 0.05) is 21.5 Å². The summed E-state index contributed by atoms with van der Waals surface area (Å²) >= 11 is 12.0. The van der Waals surface area contributed by atoms with Gasteiger partial charge in [-0.15, -0.1) is 0 Å². The van der Waals surface area contributed by atoms with Crippen LogP contribution in [0.4, 0.5) is 0 Å². The fraction of sp³-hybridized carbons (Fsp3) is 0.381. The van der Waals surface area contributed by atoms with Gasteiger partial charge >= 0.3 is 0 Å². The monoisotopic (exact) mass is 375 g/mol. The first kappa shape index (κ1) is 18.3. The Bertz CT molecular complexity index is 768. The van der Waals surface area contributed by atoms with Crippen molar-refractivity contribution in [3.05, 3.63) is 69.2 Å². The molecule has 0 aliphatic heterocycles. The minimum absolute atomic E-state index is 0.355. The second-order valence-electron chi connectivity index (χ2n) is 7.01. The topological polar surface area (TPSA) is 21.6 Å². The van der Waals surface area contributed by atoms with Crippen molar-refractivity contribution in [1.29, 1.82) is 0 Å². The van der Waals surface area contributed by atoms with Crippen LogP contribution < -0.4 is 0 Å². The number of hydrogen-bond acceptors (Lipinski definition) is 2. The molecule has 2 aromatic rings. The number of rotatable bonds is 6. The molecular formula is C21H23Cl2NO. The largest absolute Gasteiger partial charge is 0.391 e. The first-order valence-corrected chi connectivity index (χ1v) is 9.41. The average Bonchev–Trinajstić information content (AvgIpc) is 3.37. The molecule has 1 fully saturated rings. The molecule has 0 spiro atoms. The van der Waals surface area contributed by atoms with Gasteiger partial charge in [0.05, 0.1) is 5.71 Å². The van der Waals surface area contributed by atoms with Gasteiger partial charge in [-0.2, -0.15) is 0 Å². The van der Waals surface area contributed by atoms with Crippen molar-refractivity contribution in [3.63, 3.8) is 0 Å². The zero-order valence-corrected chi connectivity index (χ0v) is 16.3. The van der Waals surface area contributed by atoms with E-state index in [1.54, 1.807) is 12.1 Å². The molecule has 132 valence electrons. The lowest BCUT2D eigenvalue weighted by Gasteiger charge is -2.07. The number of oxime groups is 1. The highest BCUT2D eigenvalue weighted by atomic mass is 35.5. The van der Waals surface area contributed by atoms with Crippen LogP contribution in [0.15, 0.2) is 47.6 Å². The number of halogens is 2. The molecule has 2 aromatic carbocycles. The van der Waals surface area contributed by atoms with E-state index in [4.69, 9.17) is 28.0 Å². The third-order valence-electron chi connectivity index (χ3n) is 4.80. The van der Waals surface area contributed by atoms with Gasteiger partial charge in [-0.3, -0.25) is 0 Å².